The van der Waals surface area contributed by atoms with Crippen LogP contribution in [-0.2, 0) is 27.6 Å². The van der Waals surface area contributed by atoms with Crippen molar-refractivity contribution >= 4 is 38.8 Å². The minimum absolute atomic E-state index is 0.0655. The zero-order chi connectivity index (χ0) is 21.9. The van der Waals surface area contributed by atoms with Crippen molar-refractivity contribution in [3.05, 3.63) is 65.2 Å². The zero-order valence-electron chi connectivity index (χ0n) is 15.1. The fourth-order valence-electron chi connectivity index (χ4n) is 2.52. The first-order chi connectivity index (χ1) is 14.0. The van der Waals surface area contributed by atoms with E-state index in [4.69, 9.17) is 5.14 Å². The Morgan fingerprint density at radius 2 is 1.77 bits per heavy atom. The average molecular weight is 456 g/mol. The van der Waals surface area contributed by atoms with Gasteiger partial charge in [0.1, 0.15) is 5.01 Å². The van der Waals surface area contributed by atoms with Crippen molar-refractivity contribution in [2.45, 2.75) is 12.6 Å². The monoisotopic (exact) mass is 456 g/mol. The first kappa shape index (κ1) is 21.7. The van der Waals surface area contributed by atoms with E-state index in [1.807, 2.05) is 0 Å². The van der Waals surface area contributed by atoms with Crippen LogP contribution in [0.3, 0.4) is 0 Å². The van der Waals surface area contributed by atoms with Crippen molar-refractivity contribution < 1.29 is 26.4 Å². The Hall–Kier alpha value is -2.96. The smallest absolute Gasteiger partial charge is 0.326 e. The van der Waals surface area contributed by atoms with Gasteiger partial charge in [0.05, 0.1) is 23.4 Å². The van der Waals surface area contributed by atoms with Crippen LogP contribution >= 0.6 is 11.3 Å². The molecule has 2 aromatic carbocycles. The molecular weight excluding hydrogens is 441 g/mol. The summed E-state index contributed by atoms with van der Waals surface area (Å²) in [5, 5.41) is 9.66. The normalized spacial score (nSPS) is 11.9. The van der Waals surface area contributed by atoms with E-state index >= 15 is 0 Å². The van der Waals surface area contributed by atoms with E-state index in [2.05, 4.69) is 15.0 Å². The summed E-state index contributed by atoms with van der Waals surface area (Å²) >= 11 is 1.21. The molecule has 12 heteroatoms. The molecule has 1 aromatic heterocycles. The molecule has 0 radical (unpaired) electrons. The Morgan fingerprint density at radius 3 is 2.40 bits per heavy atom. The number of amides is 1. The van der Waals surface area contributed by atoms with Gasteiger partial charge < -0.3 is 5.32 Å². The van der Waals surface area contributed by atoms with Gasteiger partial charge in [0.15, 0.2) is 0 Å². The Labute approximate surface area is 173 Å². The highest BCUT2D eigenvalue weighted by Crippen LogP contribution is 2.31. The van der Waals surface area contributed by atoms with Gasteiger partial charge in [0, 0.05) is 16.6 Å². The predicted octanol–water partition coefficient (Wildman–Crippen LogP) is 3.63. The number of nitrogens with zero attached hydrogens (tertiary/aromatic N) is 1. The third-order valence-electron chi connectivity index (χ3n) is 3.76. The summed E-state index contributed by atoms with van der Waals surface area (Å²) in [6.45, 7) is 0. The summed E-state index contributed by atoms with van der Waals surface area (Å²) in [5.41, 5.74) is 0.759. The lowest BCUT2D eigenvalue weighted by molar-refractivity contribution is -0.137. The molecule has 158 valence electrons. The Bertz CT molecular complexity index is 1160. The number of anilines is 2. The lowest BCUT2D eigenvalue weighted by atomic mass is 10.1. The van der Waals surface area contributed by atoms with Crippen molar-refractivity contribution in [2.24, 2.45) is 5.14 Å². The number of hydrogen-bond acceptors (Lipinski definition) is 5. The molecule has 1 amide bonds. The molecule has 4 N–H and O–H groups in total. The number of benzene rings is 2. The number of alkyl halides is 3. The largest absolute Gasteiger partial charge is 0.416 e. The molecule has 3 aromatic rings. The maximum atomic E-state index is 12.7. The summed E-state index contributed by atoms with van der Waals surface area (Å²) in [4.78, 5) is 16.5. The maximum absolute atomic E-state index is 12.7. The van der Waals surface area contributed by atoms with Crippen molar-refractivity contribution in [3.63, 3.8) is 0 Å². The van der Waals surface area contributed by atoms with Gasteiger partial charge in [0.2, 0.25) is 5.91 Å². The lowest BCUT2D eigenvalue weighted by Crippen LogP contribution is -2.21. The van der Waals surface area contributed by atoms with Gasteiger partial charge in [-0.3, -0.25) is 9.52 Å². The summed E-state index contributed by atoms with van der Waals surface area (Å²) in [5.74, 6) is -0.396. The van der Waals surface area contributed by atoms with Gasteiger partial charge in [-0.15, -0.1) is 11.3 Å². The SMILES string of the molecule is NS(=O)(=O)Nc1cccc(NC(=O)Cc2csc(-c3ccc(C(F)(F)F)cc3)n2)c1. The lowest BCUT2D eigenvalue weighted by Gasteiger charge is -2.08. The molecule has 0 fully saturated rings. The molecule has 0 aliphatic rings. The molecule has 7 nitrogen and oxygen atoms in total. The summed E-state index contributed by atoms with van der Waals surface area (Å²) in [7, 11) is -3.94. The van der Waals surface area contributed by atoms with Crippen LogP contribution in [0.2, 0.25) is 0 Å². The van der Waals surface area contributed by atoms with Crippen molar-refractivity contribution in [3.8, 4) is 10.6 Å². The number of nitrogens with two attached hydrogens (primary N) is 1. The fourth-order valence-corrected chi connectivity index (χ4v) is 3.80. The van der Waals surface area contributed by atoms with Crippen LogP contribution in [0, 0.1) is 0 Å². The van der Waals surface area contributed by atoms with Gasteiger partial charge in [-0.25, -0.2) is 10.1 Å². The van der Waals surface area contributed by atoms with Crippen LogP contribution in [0.1, 0.15) is 11.3 Å². The molecule has 1 heterocycles. The molecule has 0 atom stereocenters. The highest BCUT2D eigenvalue weighted by Gasteiger charge is 2.30. The van der Waals surface area contributed by atoms with Crippen LogP contribution in [0.25, 0.3) is 10.6 Å². The van der Waals surface area contributed by atoms with Crippen LogP contribution in [0.15, 0.2) is 53.9 Å². The second-order valence-electron chi connectivity index (χ2n) is 6.17. The zero-order valence-corrected chi connectivity index (χ0v) is 16.7. The van der Waals surface area contributed by atoms with Crippen molar-refractivity contribution in [1.29, 1.82) is 0 Å². The highest BCUT2D eigenvalue weighted by molar-refractivity contribution is 7.90. The van der Waals surface area contributed by atoms with Crippen LogP contribution in [0.5, 0.6) is 0 Å². The van der Waals surface area contributed by atoms with Gasteiger partial charge in [0.25, 0.3) is 10.2 Å². The highest BCUT2D eigenvalue weighted by atomic mass is 32.2. The molecule has 0 aliphatic heterocycles. The number of carbonyl (C=O) groups excluding carboxylic acids is 1. The topological polar surface area (TPSA) is 114 Å². The van der Waals surface area contributed by atoms with Gasteiger partial charge in [-0.1, -0.05) is 18.2 Å². The molecule has 0 saturated heterocycles. The van der Waals surface area contributed by atoms with Gasteiger partial charge in [-0.2, -0.15) is 21.6 Å². The van der Waals surface area contributed by atoms with Crippen molar-refractivity contribution in [1.82, 2.24) is 4.98 Å². The minimum atomic E-state index is -4.41. The standard InChI is InChI=1S/C18H15F3N4O3S2/c19-18(20,21)12-6-4-11(5-7-12)17-24-15(10-29-17)9-16(26)23-13-2-1-3-14(8-13)25-30(22,27)28/h1-8,10,25H,9H2,(H,23,26)(H2,22,27,28). The molecule has 0 bridgehead atoms. The summed E-state index contributed by atoms with van der Waals surface area (Å²) in [6.07, 6.45) is -4.48. The second-order valence-corrected chi connectivity index (χ2v) is 8.32. The summed E-state index contributed by atoms with van der Waals surface area (Å²) in [6, 6.07) is 10.6. The third-order valence-corrected chi connectivity index (χ3v) is 5.22. The fraction of sp³-hybridized carbons (Fsp3) is 0.111. The third kappa shape index (κ3) is 6.02. The molecule has 0 unspecified atom stereocenters. The molecule has 0 spiro atoms. The Morgan fingerprint density at radius 1 is 1.10 bits per heavy atom. The molecule has 0 saturated carbocycles. The van der Waals surface area contributed by atoms with Gasteiger partial charge in [-0.05, 0) is 30.3 Å². The average Bonchev–Trinajstić information content (AvgIpc) is 3.08. The number of nitrogens with one attached hydrogen (secondary N) is 2. The molecule has 0 aliphatic carbocycles. The number of aromatic nitrogens is 1. The molecule has 30 heavy (non-hydrogen) atoms. The Kier molecular flexibility index (Phi) is 6.10. The van der Waals surface area contributed by atoms with Crippen LogP contribution in [-0.4, -0.2) is 19.3 Å². The van der Waals surface area contributed by atoms with E-state index in [9.17, 15) is 26.4 Å². The van der Waals surface area contributed by atoms with E-state index in [-0.39, 0.29) is 12.1 Å². The van der Waals surface area contributed by atoms with Gasteiger partial charge >= 0.3 is 6.18 Å². The van der Waals surface area contributed by atoms with E-state index in [0.29, 0.717) is 22.0 Å². The van der Waals surface area contributed by atoms with Crippen LogP contribution in [0.4, 0.5) is 24.5 Å². The summed E-state index contributed by atoms with van der Waals surface area (Å²) < 4.78 is 62.2. The van der Waals surface area contributed by atoms with Crippen LogP contribution < -0.4 is 15.2 Å². The van der Waals surface area contributed by atoms with E-state index < -0.39 is 27.9 Å². The number of carbonyl (C=O) groups is 1. The maximum Gasteiger partial charge on any atom is 0.416 e. The first-order valence-corrected chi connectivity index (χ1v) is 10.7. The quantitative estimate of drug-likeness (QED) is 0.526. The molecule has 3 rings (SSSR count). The minimum Gasteiger partial charge on any atom is -0.326 e. The van der Waals surface area contributed by atoms with E-state index in [0.717, 1.165) is 12.1 Å². The number of rotatable bonds is 6. The Balaban J connectivity index is 1.65. The number of thiazole rings is 1. The first-order valence-electron chi connectivity index (χ1n) is 8.32. The predicted molar refractivity (Wildman–Crippen MR) is 108 cm³/mol. The van der Waals surface area contributed by atoms with E-state index in [1.54, 1.807) is 11.4 Å². The number of hydrogen-bond donors (Lipinski definition) is 3. The van der Waals surface area contributed by atoms with E-state index in [1.165, 1.54) is 41.7 Å². The van der Waals surface area contributed by atoms with Crippen molar-refractivity contribution in [2.75, 3.05) is 10.0 Å². The second kappa shape index (κ2) is 8.42. The molecular formula is C18H15F3N4O3S2. The number of halogens is 3.